The second-order valence-corrected chi connectivity index (χ2v) is 6.65. The first-order valence-electron chi connectivity index (χ1n) is 5.25. The van der Waals surface area contributed by atoms with E-state index in [1.807, 2.05) is 19.0 Å². The van der Waals surface area contributed by atoms with Crippen LogP contribution in [0, 0.1) is 0 Å². The average Bonchev–Trinajstić information content (AvgIpc) is 2.15. The summed E-state index contributed by atoms with van der Waals surface area (Å²) in [6, 6.07) is 4.47. The van der Waals surface area contributed by atoms with Crippen molar-refractivity contribution in [3.8, 4) is 0 Å². The minimum absolute atomic E-state index is 0.0921. The number of nitrogens with zero attached hydrogens (tertiary/aromatic N) is 1. The quantitative estimate of drug-likeness (QED) is 0.831. The molecule has 0 aliphatic carbocycles. The fourth-order valence-electron chi connectivity index (χ4n) is 1.45. The highest BCUT2D eigenvalue weighted by molar-refractivity contribution is 7.91. The Balaban J connectivity index is 2.83. The van der Waals surface area contributed by atoms with Gasteiger partial charge in [0.15, 0.2) is 9.84 Å². The van der Waals surface area contributed by atoms with Gasteiger partial charge in [0.2, 0.25) is 0 Å². The number of benzene rings is 1. The zero-order chi connectivity index (χ0) is 13.1. The molecule has 0 fully saturated rings. The Kier molecular flexibility index (Phi) is 4.80. The number of nitrogens with two attached hydrogens (primary N) is 1. The zero-order valence-electron chi connectivity index (χ0n) is 9.98. The average molecular weight is 277 g/mol. The molecule has 0 spiro atoms. The predicted molar refractivity (Wildman–Crippen MR) is 71.1 cm³/mol. The van der Waals surface area contributed by atoms with Crippen LogP contribution in [-0.4, -0.2) is 39.7 Å². The third-order valence-corrected chi connectivity index (χ3v) is 4.59. The SMILES string of the molecule is CN(C)CCCS(=O)(=O)c1ccc(N)cc1Cl. The van der Waals surface area contributed by atoms with Gasteiger partial charge in [0.25, 0.3) is 0 Å². The molecule has 96 valence electrons. The van der Waals surface area contributed by atoms with Crippen molar-refractivity contribution in [2.24, 2.45) is 0 Å². The number of rotatable bonds is 5. The lowest BCUT2D eigenvalue weighted by Crippen LogP contribution is -2.17. The lowest BCUT2D eigenvalue weighted by molar-refractivity contribution is 0.408. The molecule has 0 bridgehead atoms. The van der Waals surface area contributed by atoms with Crippen LogP contribution in [0.25, 0.3) is 0 Å². The van der Waals surface area contributed by atoms with Crippen LogP contribution >= 0.6 is 11.6 Å². The van der Waals surface area contributed by atoms with E-state index in [9.17, 15) is 8.42 Å². The Morgan fingerprint density at radius 1 is 1.35 bits per heavy atom. The van der Waals surface area contributed by atoms with E-state index in [1.54, 1.807) is 6.07 Å². The summed E-state index contributed by atoms with van der Waals surface area (Å²) in [5.41, 5.74) is 5.99. The molecule has 6 heteroatoms. The fourth-order valence-corrected chi connectivity index (χ4v) is 3.35. The number of halogens is 1. The van der Waals surface area contributed by atoms with Crippen LogP contribution in [-0.2, 0) is 9.84 Å². The molecule has 0 heterocycles. The Hall–Kier alpha value is -0.780. The fraction of sp³-hybridized carbons (Fsp3) is 0.455. The summed E-state index contributed by atoms with van der Waals surface area (Å²) in [7, 11) is 0.494. The zero-order valence-corrected chi connectivity index (χ0v) is 11.6. The van der Waals surface area contributed by atoms with Gasteiger partial charge in [-0.25, -0.2) is 8.42 Å². The van der Waals surface area contributed by atoms with E-state index in [2.05, 4.69) is 0 Å². The lowest BCUT2D eigenvalue weighted by atomic mass is 10.3. The molecule has 1 aromatic carbocycles. The van der Waals surface area contributed by atoms with Gasteiger partial charge in [-0.1, -0.05) is 11.6 Å². The molecule has 0 unspecified atom stereocenters. The molecule has 0 atom stereocenters. The molecule has 0 amide bonds. The van der Waals surface area contributed by atoms with Crippen molar-refractivity contribution in [3.05, 3.63) is 23.2 Å². The molecule has 0 aromatic heterocycles. The van der Waals surface area contributed by atoms with E-state index in [-0.39, 0.29) is 15.7 Å². The van der Waals surface area contributed by atoms with E-state index >= 15 is 0 Å². The summed E-state index contributed by atoms with van der Waals surface area (Å²) in [5, 5.41) is 0.190. The first-order chi connectivity index (χ1) is 7.83. The first kappa shape index (κ1) is 14.3. The third kappa shape index (κ3) is 4.18. The largest absolute Gasteiger partial charge is 0.399 e. The Labute approximate surface area is 107 Å². The minimum Gasteiger partial charge on any atom is -0.399 e. The van der Waals surface area contributed by atoms with Crippen LogP contribution in [0.4, 0.5) is 5.69 Å². The molecule has 17 heavy (non-hydrogen) atoms. The topological polar surface area (TPSA) is 63.4 Å². The normalized spacial score (nSPS) is 12.0. The summed E-state index contributed by atoms with van der Waals surface area (Å²) in [5.74, 6) is 0.0921. The van der Waals surface area contributed by atoms with E-state index < -0.39 is 9.84 Å². The van der Waals surface area contributed by atoms with Crippen LogP contribution in [0.2, 0.25) is 5.02 Å². The molecular formula is C11H17ClN2O2S. The van der Waals surface area contributed by atoms with E-state index in [0.29, 0.717) is 12.1 Å². The van der Waals surface area contributed by atoms with Crippen LogP contribution in [0.15, 0.2) is 23.1 Å². The standard InChI is InChI=1S/C11H17ClN2O2S/c1-14(2)6-3-7-17(15,16)11-5-4-9(13)8-10(11)12/h4-5,8H,3,6-7,13H2,1-2H3. The molecule has 0 saturated heterocycles. The molecule has 1 rings (SSSR count). The van der Waals surface area contributed by atoms with Crippen LogP contribution in [0.5, 0.6) is 0 Å². The smallest absolute Gasteiger partial charge is 0.179 e. The third-order valence-electron chi connectivity index (χ3n) is 2.31. The highest BCUT2D eigenvalue weighted by Gasteiger charge is 2.17. The number of nitrogen functional groups attached to an aromatic ring is 1. The number of anilines is 1. The van der Waals surface area contributed by atoms with Crippen molar-refractivity contribution in [3.63, 3.8) is 0 Å². The molecule has 0 saturated carbocycles. The molecule has 2 N–H and O–H groups in total. The van der Waals surface area contributed by atoms with E-state index in [0.717, 1.165) is 6.54 Å². The number of hydrogen-bond acceptors (Lipinski definition) is 4. The predicted octanol–water partition coefficient (Wildman–Crippen LogP) is 1.65. The van der Waals surface area contributed by atoms with Crippen LogP contribution < -0.4 is 5.73 Å². The Morgan fingerprint density at radius 2 is 2.00 bits per heavy atom. The van der Waals surface area contributed by atoms with Crippen molar-refractivity contribution in [1.29, 1.82) is 0 Å². The Bertz CT molecular complexity index is 486. The molecule has 0 radical (unpaired) electrons. The van der Waals surface area contributed by atoms with Crippen molar-refractivity contribution in [1.82, 2.24) is 4.90 Å². The molecular weight excluding hydrogens is 260 g/mol. The summed E-state index contributed by atoms with van der Waals surface area (Å²) >= 11 is 5.89. The van der Waals surface area contributed by atoms with E-state index in [1.165, 1.54) is 12.1 Å². The summed E-state index contributed by atoms with van der Waals surface area (Å²) in [6.45, 7) is 0.728. The monoisotopic (exact) mass is 276 g/mol. The highest BCUT2D eigenvalue weighted by Crippen LogP contribution is 2.24. The van der Waals surface area contributed by atoms with E-state index in [4.69, 9.17) is 17.3 Å². The maximum absolute atomic E-state index is 12.0. The maximum Gasteiger partial charge on any atom is 0.179 e. The summed E-state index contributed by atoms with van der Waals surface area (Å²) in [4.78, 5) is 2.10. The van der Waals surface area contributed by atoms with Crippen LogP contribution in [0.1, 0.15) is 6.42 Å². The molecule has 1 aromatic rings. The highest BCUT2D eigenvalue weighted by atomic mass is 35.5. The maximum atomic E-state index is 12.0. The lowest BCUT2D eigenvalue weighted by Gasteiger charge is -2.10. The van der Waals surface area contributed by atoms with Gasteiger partial charge in [-0.05, 0) is 45.3 Å². The number of sulfone groups is 1. The van der Waals surface area contributed by atoms with Gasteiger partial charge in [-0.15, -0.1) is 0 Å². The van der Waals surface area contributed by atoms with Gasteiger partial charge in [-0.3, -0.25) is 0 Å². The second kappa shape index (κ2) is 5.71. The first-order valence-corrected chi connectivity index (χ1v) is 7.28. The second-order valence-electron chi connectivity index (χ2n) is 4.17. The summed E-state index contributed by atoms with van der Waals surface area (Å²) < 4.78 is 24.0. The van der Waals surface area contributed by atoms with Gasteiger partial charge < -0.3 is 10.6 Å². The molecule has 0 aliphatic heterocycles. The minimum atomic E-state index is -3.32. The molecule has 4 nitrogen and oxygen atoms in total. The van der Waals surface area contributed by atoms with Crippen molar-refractivity contribution in [2.75, 3.05) is 32.1 Å². The van der Waals surface area contributed by atoms with Crippen molar-refractivity contribution in [2.45, 2.75) is 11.3 Å². The van der Waals surface area contributed by atoms with Crippen molar-refractivity contribution >= 4 is 27.1 Å². The number of hydrogen-bond donors (Lipinski definition) is 1. The van der Waals surface area contributed by atoms with Gasteiger partial charge in [-0.2, -0.15) is 0 Å². The summed E-state index contributed by atoms with van der Waals surface area (Å²) in [6.07, 6.45) is 0.579. The molecule has 0 aliphatic rings. The van der Waals surface area contributed by atoms with Gasteiger partial charge in [0.05, 0.1) is 15.7 Å². The van der Waals surface area contributed by atoms with Crippen LogP contribution in [0.3, 0.4) is 0 Å². The van der Waals surface area contributed by atoms with Crippen molar-refractivity contribution < 1.29 is 8.42 Å². The van der Waals surface area contributed by atoms with Gasteiger partial charge in [0, 0.05) is 5.69 Å². The van der Waals surface area contributed by atoms with Gasteiger partial charge >= 0.3 is 0 Å². The Morgan fingerprint density at radius 3 is 2.53 bits per heavy atom. The van der Waals surface area contributed by atoms with Gasteiger partial charge in [0.1, 0.15) is 0 Å².